The molecular formula is C82H128NO8+. The number of hydrogen-bond donors (Lipinski definition) is 1. The molecule has 0 bridgehead atoms. The Labute approximate surface area is 556 Å². The standard InChI is InChI=1S/C82H127NO8/c1-6-8-10-12-14-16-18-20-22-24-26-28-30-32-34-36-38-40-42-44-46-48-50-52-54-56-58-60-62-64-66-68-70-72-79(84)89-76-78(77-90-82(81(86)87)88-75-74-83(3,4)5)91-80(85)73-71-69-67-65-63-61-59-57-55-53-51-49-47-45-43-41-39-37-35-33-31-29-27-25-23-21-19-17-15-13-11-9-7-2/h8-11,14-17,20-23,26-29,32-35,38-41,44-47,50-53,57,59,78,82H,6-7,12-13,18-19,24-25,30-31,36-37,42-43,48-49,54-56,58,60-77H2,1-5H3/p+1/b10-8-,11-9-,16-14-,17-15-,22-20-,23-21-,28-26-,29-27-,34-32-,35-33-,40-38-,41-39-,46-44-,47-45-,52-50-,53-51-,59-57-. The van der Waals surface area contributed by atoms with Gasteiger partial charge in [-0.05, 0) is 148 Å². The highest BCUT2D eigenvalue weighted by atomic mass is 16.7. The van der Waals surface area contributed by atoms with Crippen LogP contribution in [0.3, 0.4) is 0 Å². The van der Waals surface area contributed by atoms with E-state index in [0.717, 1.165) is 173 Å². The number of likely N-dealkylation sites (N-methyl/N-ethyl adjacent to an activating group) is 1. The summed E-state index contributed by atoms with van der Waals surface area (Å²) in [5, 5.41) is 9.75. The van der Waals surface area contributed by atoms with Gasteiger partial charge in [0.1, 0.15) is 13.2 Å². The van der Waals surface area contributed by atoms with Crippen molar-refractivity contribution >= 4 is 17.9 Å². The van der Waals surface area contributed by atoms with Gasteiger partial charge in [0.05, 0.1) is 34.4 Å². The molecule has 2 atom stereocenters. The number of quaternary nitrogens is 1. The Kier molecular flexibility index (Phi) is 65.1. The Hall–Kier alpha value is -6.13. The first kappa shape index (κ1) is 84.9. The number of allylic oxidation sites excluding steroid dienone is 34. The first-order valence-electron chi connectivity index (χ1n) is 35.2. The number of esters is 2. The maximum Gasteiger partial charge on any atom is 0.361 e. The van der Waals surface area contributed by atoms with Crippen molar-refractivity contribution < 1.29 is 42.9 Å². The molecule has 0 radical (unpaired) electrons. The van der Waals surface area contributed by atoms with Crippen molar-refractivity contribution in [3.05, 3.63) is 207 Å². The van der Waals surface area contributed by atoms with Gasteiger partial charge in [-0.25, -0.2) is 4.79 Å². The summed E-state index contributed by atoms with van der Waals surface area (Å²) in [6, 6.07) is 0. The van der Waals surface area contributed by atoms with Crippen LogP contribution in [-0.4, -0.2) is 87.4 Å². The van der Waals surface area contributed by atoms with E-state index in [-0.39, 0.29) is 38.6 Å². The van der Waals surface area contributed by atoms with Gasteiger partial charge >= 0.3 is 17.9 Å². The second-order valence-corrected chi connectivity index (χ2v) is 23.7. The number of rotatable bonds is 62. The average molecular weight is 1260 g/mol. The smallest absolute Gasteiger partial charge is 0.361 e. The summed E-state index contributed by atoms with van der Waals surface area (Å²) >= 11 is 0. The highest BCUT2D eigenvalue weighted by Crippen LogP contribution is 2.14. The van der Waals surface area contributed by atoms with Crippen molar-refractivity contribution in [2.45, 2.75) is 245 Å². The average Bonchev–Trinajstić information content (AvgIpc) is 3.46. The minimum Gasteiger partial charge on any atom is -0.477 e. The van der Waals surface area contributed by atoms with Crippen LogP contribution in [0.15, 0.2) is 207 Å². The lowest BCUT2D eigenvalue weighted by Crippen LogP contribution is -2.40. The Morgan fingerprint density at radius 2 is 0.593 bits per heavy atom. The summed E-state index contributed by atoms with van der Waals surface area (Å²) in [5.41, 5.74) is 0. The molecular weight excluding hydrogens is 1130 g/mol. The molecule has 0 amide bonds. The predicted octanol–water partition coefficient (Wildman–Crippen LogP) is 22.4. The first-order valence-corrected chi connectivity index (χ1v) is 35.2. The van der Waals surface area contributed by atoms with Gasteiger partial charge < -0.3 is 28.5 Å². The molecule has 0 aliphatic carbocycles. The number of hydrogen-bond acceptors (Lipinski definition) is 7. The zero-order chi connectivity index (χ0) is 66.1. The number of nitrogens with zero attached hydrogens (tertiary/aromatic N) is 1. The summed E-state index contributed by atoms with van der Waals surface area (Å²) in [7, 11) is 5.95. The molecule has 508 valence electrons. The second-order valence-electron chi connectivity index (χ2n) is 23.7. The van der Waals surface area contributed by atoms with Gasteiger partial charge in [0.25, 0.3) is 6.29 Å². The van der Waals surface area contributed by atoms with Gasteiger partial charge in [-0.1, -0.05) is 278 Å². The van der Waals surface area contributed by atoms with Crippen LogP contribution in [0.5, 0.6) is 0 Å². The van der Waals surface area contributed by atoms with Crippen molar-refractivity contribution in [3.8, 4) is 0 Å². The van der Waals surface area contributed by atoms with E-state index in [1.165, 1.54) is 25.7 Å². The van der Waals surface area contributed by atoms with E-state index in [1.807, 2.05) is 21.1 Å². The Bertz CT molecular complexity index is 2250. The molecule has 0 rings (SSSR count). The van der Waals surface area contributed by atoms with E-state index in [0.29, 0.717) is 17.4 Å². The van der Waals surface area contributed by atoms with E-state index in [2.05, 4.69) is 220 Å². The summed E-state index contributed by atoms with van der Waals surface area (Å²) in [6.07, 6.45) is 106. The summed E-state index contributed by atoms with van der Waals surface area (Å²) in [5.74, 6) is -2.07. The van der Waals surface area contributed by atoms with Crippen molar-refractivity contribution in [3.63, 3.8) is 0 Å². The van der Waals surface area contributed by atoms with Crippen LogP contribution in [0.2, 0.25) is 0 Å². The lowest BCUT2D eigenvalue weighted by molar-refractivity contribution is -0.870. The second kappa shape index (κ2) is 69.8. The lowest BCUT2D eigenvalue weighted by atomic mass is 10.1. The minimum absolute atomic E-state index is 0.170. The van der Waals surface area contributed by atoms with Crippen LogP contribution in [-0.2, 0) is 33.3 Å². The van der Waals surface area contributed by atoms with Crippen molar-refractivity contribution in [1.82, 2.24) is 0 Å². The predicted molar refractivity (Wildman–Crippen MR) is 391 cm³/mol. The summed E-state index contributed by atoms with van der Waals surface area (Å²) < 4.78 is 22.9. The number of carbonyl (C=O) groups excluding carboxylic acids is 2. The fourth-order valence-electron chi connectivity index (χ4n) is 8.73. The Balaban J connectivity index is 4.28. The molecule has 9 heteroatoms. The zero-order valence-electron chi connectivity index (χ0n) is 57.9. The Morgan fingerprint density at radius 3 is 0.879 bits per heavy atom. The molecule has 0 aromatic carbocycles. The van der Waals surface area contributed by atoms with Crippen LogP contribution in [0.1, 0.15) is 232 Å². The SMILES string of the molecule is CC/C=C\C/C=C\C/C=C\C/C=C\C/C=C\C/C=C\C/C=C\C/C=C\C/C=C\CCCCCCCC(=O)OC(COC(=O)CCCCCCCCCC/C=C\C/C=C\C/C=C\C/C=C\C/C=C\C/C=C\C/C=C\C/C=C\CC)COC(OCC[N+](C)(C)C)C(=O)O. The van der Waals surface area contributed by atoms with E-state index in [1.54, 1.807) is 0 Å². The third-order valence-electron chi connectivity index (χ3n) is 14.0. The van der Waals surface area contributed by atoms with Crippen LogP contribution >= 0.6 is 0 Å². The minimum atomic E-state index is -1.53. The van der Waals surface area contributed by atoms with Gasteiger partial charge in [-0.15, -0.1) is 0 Å². The van der Waals surface area contributed by atoms with Gasteiger partial charge in [-0.3, -0.25) is 9.59 Å². The monoisotopic (exact) mass is 1250 g/mol. The van der Waals surface area contributed by atoms with E-state index in [4.69, 9.17) is 18.9 Å². The lowest BCUT2D eigenvalue weighted by Gasteiger charge is -2.25. The van der Waals surface area contributed by atoms with Gasteiger partial charge in [0.15, 0.2) is 6.10 Å². The largest absolute Gasteiger partial charge is 0.477 e. The molecule has 0 aromatic heterocycles. The highest BCUT2D eigenvalue weighted by Gasteiger charge is 2.25. The third-order valence-corrected chi connectivity index (χ3v) is 14.0. The molecule has 1 N–H and O–H groups in total. The molecule has 91 heavy (non-hydrogen) atoms. The molecule has 0 saturated carbocycles. The van der Waals surface area contributed by atoms with Crippen LogP contribution in [0, 0.1) is 0 Å². The van der Waals surface area contributed by atoms with Crippen LogP contribution in [0.4, 0.5) is 0 Å². The quantitative estimate of drug-likeness (QED) is 0.0211. The summed E-state index contributed by atoms with van der Waals surface area (Å²) in [4.78, 5) is 37.6. The van der Waals surface area contributed by atoms with Crippen molar-refractivity contribution in [1.29, 1.82) is 0 Å². The van der Waals surface area contributed by atoms with Crippen molar-refractivity contribution in [2.75, 3.05) is 47.5 Å². The fourth-order valence-corrected chi connectivity index (χ4v) is 8.73. The molecule has 0 fully saturated rings. The maximum atomic E-state index is 12.9. The molecule has 0 aliphatic heterocycles. The number of aliphatic carboxylic acids is 1. The van der Waals surface area contributed by atoms with Gasteiger partial charge in [0.2, 0.25) is 0 Å². The number of carboxylic acid groups (broad SMARTS) is 1. The van der Waals surface area contributed by atoms with Gasteiger partial charge in [-0.2, -0.15) is 0 Å². The van der Waals surface area contributed by atoms with Crippen molar-refractivity contribution in [2.24, 2.45) is 0 Å². The van der Waals surface area contributed by atoms with E-state index < -0.39 is 24.3 Å². The maximum absolute atomic E-state index is 12.9. The molecule has 0 heterocycles. The number of ether oxygens (including phenoxy) is 4. The first-order chi connectivity index (χ1) is 44.6. The molecule has 0 saturated heterocycles. The van der Waals surface area contributed by atoms with E-state index >= 15 is 0 Å². The summed E-state index contributed by atoms with van der Waals surface area (Å²) in [6.45, 7) is 4.59. The normalized spacial score (nSPS) is 14.0. The van der Waals surface area contributed by atoms with Gasteiger partial charge in [0, 0.05) is 12.8 Å². The van der Waals surface area contributed by atoms with E-state index in [9.17, 15) is 19.5 Å². The number of carboxylic acids is 1. The molecule has 0 aliphatic rings. The topological polar surface area (TPSA) is 108 Å². The number of unbranched alkanes of at least 4 members (excludes halogenated alkanes) is 13. The van der Waals surface area contributed by atoms with Crippen LogP contribution in [0.25, 0.3) is 0 Å². The zero-order valence-corrected chi connectivity index (χ0v) is 57.9. The van der Waals surface area contributed by atoms with Crippen LogP contribution < -0.4 is 0 Å². The molecule has 0 spiro atoms. The Morgan fingerprint density at radius 1 is 0.330 bits per heavy atom. The molecule has 2 unspecified atom stereocenters. The molecule has 9 nitrogen and oxygen atoms in total. The third kappa shape index (κ3) is 71.2. The molecule has 0 aromatic rings. The number of carbonyl (C=O) groups is 3. The fraction of sp³-hybridized carbons (Fsp3) is 0.549. The highest BCUT2D eigenvalue weighted by molar-refractivity contribution is 5.71.